The number of rotatable bonds is 6. The van der Waals surface area contributed by atoms with Crippen molar-refractivity contribution in [3.63, 3.8) is 0 Å². The molecule has 0 heterocycles. The molecule has 104 valence electrons. The van der Waals surface area contributed by atoms with Gasteiger partial charge in [-0.25, -0.2) is 4.39 Å². The quantitative estimate of drug-likeness (QED) is 0.786. The van der Waals surface area contributed by atoms with Gasteiger partial charge in [-0.2, -0.15) is 11.8 Å². The second kappa shape index (κ2) is 7.96. The zero-order valence-electron chi connectivity index (χ0n) is 11.0. The Kier molecular flexibility index (Phi) is 6.59. The smallest absolute Gasteiger partial charge is 0.244 e. The lowest BCUT2D eigenvalue weighted by Gasteiger charge is -2.20. The molecule has 2 unspecified atom stereocenters. The van der Waals surface area contributed by atoms with Crippen molar-refractivity contribution in [2.75, 3.05) is 12.9 Å². The van der Waals surface area contributed by atoms with Gasteiger partial charge in [-0.15, -0.1) is 0 Å². The highest BCUT2D eigenvalue weighted by atomic mass is 32.2. The van der Waals surface area contributed by atoms with E-state index < -0.39 is 0 Å². The van der Waals surface area contributed by atoms with Gasteiger partial charge in [0.25, 0.3) is 0 Å². The number of carbonyl (C=O) groups is 1. The average molecular weight is 283 g/mol. The summed E-state index contributed by atoms with van der Waals surface area (Å²) in [5.41, 5.74) is 0.757. The summed E-state index contributed by atoms with van der Waals surface area (Å²) in [6.45, 7) is 1.87. The summed E-state index contributed by atoms with van der Waals surface area (Å²) in [4.78, 5) is 11.7. The van der Waals surface area contributed by atoms with Gasteiger partial charge in [0.05, 0.1) is 6.61 Å². The minimum absolute atomic E-state index is 0.0181. The van der Waals surface area contributed by atoms with Crippen molar-refractivity contribution in [1.82, 2.24) is 5.32 Å². The molecule has 0 aliphatic heterocycles. The van der Waals surface area contributed by atoms with Crippen molar-refractivity contribution < 1.29 is 14.3 Å². The fourth-order valence-corrected chi connectivity index (χ4v) is 2.17. The van der Waals surface area contributed by atoms with E-state index in [9.17, 15) is 9.18 Å². The Morgan fingerprint density at radius 1 is 1.47 bits per heavy atom. The average Bonchev–Trinajstić information content (AvgIpc) is 2.39. The zero-order chi connectivity index (χ0) is 14.3. The number of nitrogens with one attached hydrogen (secondary N) is 1. The molecule has 2 atom stereocenters. The molecule has 3 nitrogen and oxygen atoms in total. The predicted molar refractivity (Wildman–Crippen MR) is 77.4 cm³/mol. The lowest BCUT2D eigenvalue weighted by molar-refractivity contribution is -0.117. The van der Waals surface area contributed by atoms with Gasteiger partial charge in [0, 0.05) is 17.4 Å². The minimum Gasteiger partial charge on any atom is -0.395 e. The summed E-state index contributed by atoms with van der Waals surface area (Å²) in [6, 6.07) is 5.76. The summed E-state index contributed by atoms with van der Waals surface area (Å²) in [5.74, 6) is -0.537. The third-order valence-electron chi connectivity index (χ3n) is 2.71. The van der Waals surface area contributed by atoms with Gasteiger partial charge in [-0.05, 0) is 37.0 Å². The van der Waals surface area contributed by atoms with Gasteiger partial charge in [-0.1, -0.05) is 12.1 Å². The second-order valence-corrected chi connectivity index (χ2v) is 5.22. The van der Waals surface area contributed by atoms with Crippen molar-refractivity contribution >= 4 is 23.7 Å². The fraction of sp³-hybridized carbons (Fsp3) is 0.357. The SMILES string of the molecule is CSC(CO)C(C)NC(=O)/C=C/c1ccc(F)cc1. The van der Waals surface area contributed by atoms with Crippen LogP contribution >= 0.6 is 11.8 Å². The number of benzene rings is 1. The Morgan fingerprint density at radius 2 is 2.11 bits per heavy atom. The first kappa shape index (κ1) is 15.7. The molecule has 0 saturated heterocycles. The van der Waals surface area contributed by atoms with E-state index in [0.29, 0.717) is 0 Å². The third kappa shape index (κ3) is 5.44. The Hall–Kier alpha value is -1.33. The van der Waals surface area contributed by atoms with Crippen LogP contribution in [0.15, 0.2) is 30.3 Å². The van der Waals surface area contributed by atoms with Crippen molar-refractivity contribution in [2.24, 2.45) is 0 Å². The highest BCUT2D eigenvalue weighted by molar-refractivity contribution is 7.99. The van der Waals surface area contributed by atoms with Gasteiger partial charge in [0.15, 0.2) is 0 Å². The summed E-state index contributed by atoms with van der Waals surface area (Å²) >= 11 is 1.51. The maximum absolute atomic E-state index is 12.7. The number of aliphatic hydroxyl groups is 1. The summed E-state index contributed by atoms with van der Waals surface area (Å²) in [5, 5.41) is 11.9. The molecule has 0 aliphatic carbocycles. The van der Waals surface area contributed by atoms with Crippen LogP contribution in [-0.2, 0) is 4.79 Å². The molecular formula is C14H18FNO2S. The van der Waals surface area contributed by atoms with Gasteiger partial charge in [0.1, 0.15) is 5.82 Å². The van der Waals surface area contributed by atoms with Crippen LogP contribution in [0, 0.1) is 5.82 Å². The van der Waals surface area contributed by atoms with Crippen LogP contribution in [0.2, 0.25) is 0 Å². The Morgan fingerprint density at radius 3 is 2.63 bits per heavy atom. The molecule has 1 amide bonds. The van der Waals surface area contributed by atoms with E-state index in [1.165, 1.54) is 30.0 Å². The topological polar surface area (TPSA) is 49.3 Å². The van der Waals surface area contributed by atoms with E-state index in [1.807, 2.05) is 13.2 Å². The molecular weight excluding hydrogens is 265 g/mol. The molecule has 1 rings (SSSR count). The first-order valence-corrected chi connectivity index (χ1v) is 7.23. The van der Waals surface area contributed by atoms with Crippen molar-refractivity contribution in [2.45, 2.75) is 18.2 Å². The first-order chi connectivity index (χ1) is 9.06. The molecule has 0 fully saturated rings. The maximum atomic E-state index is 12.7. The molecule has 0 spiro atoms. The van der Waals surface area contributed by atoms with Crippen molar-refractivity contribution in [3.8, 4) is 0 Å². The van der Waals surface area contributed by atoms with Gasteiger partial charge >= 0.3 is 0 Å². The molecule has 0 bridgehead atoms. The number of halogens is 1. The first-order valence-electron chi connectivity index (χ1n) is 5.94. The molecule has 2 N–H and O–H groups in total. The Balaban J connectivity index is 2.53. The van der Waals surface area contributed by atoms with Crippen LogP contribution in [-0.4, -0.2) is 35.2 Å². The van der Waals surface area contributed by atoms with Gasteiger partial charge < -0.3 is 10.4 Å². The molecule has 0 aromatic heterocycles. The lowest BCUT2D eigenvalue weighted by Crippen LogP contribution is -2.40. The number of carbonyl (C=O) groups excluding carboxylic acids is 1. The highest BCUT2D eigenvalue weighted by Crippen LogP contribution is 2.10. The van der Waals surface area contributed by atoms with Gasteiger partial charge in [-0.3, -0.25) is 4.79 Å². The maximum Gasteiger partial charge on any atom is 0.244 e. The van der Waals surface area contributed by atoms with Crippen LogP contribution in [0.4, 0.5) is 4.39 Å². The number of thioether (sulfide) groups is 1. The predicted octanol–water partition coefficient (Wildman–Crippen LogP) is 2.07. The van der Waals surface area contributed by atoms with Crippen LogP contribution in [0.1, 0.15) is 12.5 Å². The van der Waals surface area contributed by atoms with E-state index in [2.05, 4.69) is 5.32 Å². The summed E-state index contributed by atoms with van der Waals surface area (Å²) in [6.07, 6.45) is 4.91. The van der Waals surface area contributed by atoms with E-state index in [0.717, 1.165) is 5.56 Å². The van der Waals surface area contributed by atoms with E-state index in [-0.39, 0.29) is 29.6 Å². The van der Waals surface area contributed by atoms with Crippen molar-refractivity contribution in [1.29, 1.82) is 0 Å². The minimum atomic E-state index is -0.305. The standard InChI is InChI=1S/C14H18FNO2S/c1-10(13(9-17)19-2)16-14(18)8-5-11-3-6-12(15)7-4-11/h3-8,10,13,17H,9H2,1-2H3,(H,16,18)/b8-5+. The highest BCUT2D eigenvalue weighted by Gasteiger charge is 2.15. The molecule has 0 radical (unpaired) electrons. The number of amides is 1. The lowest BCUT2D eigenvalue weighted by atomic mass is 10.2. The number of hydrogen-bond donors (Lipinski definition) is 2. The molecule has 0 saturated carbocycles. The van der Waals surface area contributed by atoms with Crippen molar-refractivity contribution in [3.05, 3.63) is 41.7 Å². The number of aliphatic hydroxyl groups excluding tert-OH is 1. The van der Waals surface area contributed by atoms with Crippen LogP contribution in [0.5, 0.6) is 0 Å². The molecule has 1 aromatic carbocycles. The fourth-order valence-electron chi connectivity index (χ4n) is 1.55. The normalized spacial score (nSPS) is 14.3. The van der Waals surface area contributed by atoms with E-state index in [1.54, 1.807) is 18.2 Å². The number of hydrogen-bond acceptors (Lipinski definition) is 3. The van der Waals surface area contributed by atoms with E-state index >= 15 is 0 Å². The zero-order valence-corrected chi connectivity index (χ0v) is 11.8. The molecule has 1 aromatic rings. The molecule has 0 aliphatic rings. The summed E-state index contributed by atoms with van der Waals surface area (Å²) in [7, 11) is 0. The van der Waals surface area contributed by atoms with E-state index in [4.69, 9.17) is 5.11 Å². The molecule has 5 heteroatoms. The largest absolute Gasteiger partial charge is 0.395 e. The van der Waals surface area contributed by atoms with Crippen LogP contribution in [0.25, 0.3) is 6.08 Å². The monoisotopic (exact) mass is 283 g/mol. The molecule has 19 heavy (non-hydrogen) atoms. The second-order valence-electron chi connectivity index (χ2n) is 4.14. The third-order valence-corrected chi connectivity index (χ3v) is 3.87. The summed E-state index contributed by atoms with van der Waals surface area (Å²) < 4.78 is 12.7. The Bertz CT molecular complexity index is 430. The van der Waals surface area contributed by atoms with Crippen LogP contribution in [0.3, 0.4) is 0 Å². The van der Waals surface area contributed by atoms with Gasteiger partial charge in [0.2, 0.25) is 5.91 Å². The Labute approximate surface area is 116 Å². The van der Waals surface area contributed by atoms with Crippen LogP contribution < -0.4 is 5.32 Å².